The summed E-state index contributed by atoms with van der Waals surface area (Å²) in [6.07, 6.45) is 3.16. The van der Waals surface area contributed by atoms with Gasteiger partial charge in [0, 0.05) is 5.56 Å². The van der Waals surface area contributed by atoms with Gasteiger partial charge in [-0.1, -0.05) is 0 Å². The summed E-state index contributed by atoms with van der Waals surface area (Å²) in [7, 11) is 0. The predicted molar refractivity (Wildman–Crippen MR) is 67.7 cm³/mol. The lowest BCUT2D eigenvalue weighted by Gasteiger charge is -2.01. The summed E-state index contributed by atoms with van der Waals surface area (Å²) in [5.41, 5.74) is 1.96. The van der Waals surface area contributed by atoms with Gasteiger partial charge in [-0.3, -0.25) is 4.37 Å². The van der Waals surface area contributed by atoms with E-state index in [0.29, 0.717) is 3.95 Å². The number of aromatic nitrogens is 5. The van der Waals surface area contributed by atoms with Gasteiger partial charge in [-0.15, -0.1) is 0 Å². The SMILES string of the molecule is S=c1nc(-c2ccc(-n3cncn3)cc2)[nH]s1. The summed E-state index contributed by atoms with van der Waals surface area (Å²) in [6, 6.07) is 7.86. The van der Waals surface area contributed by atoms with Crippen LogP contribution in [0.2, 0.25) is 0 Å². The van der Waals surface area contributed by atoms with E-state index in [1.165, 1.54) is 17.9 Å². The second-order valence-corrected chi connectivity index (χ2v) is 4.76. The molecule has 2 heterocycles. The van der Waals surface area contributed by atoms with Crippen molar-refractivity contribution in [1.82, 2.24) is 24.1 Å². The van der Waals surface area contributed by atoms with Crippen molar-refractivity contribution in [2.75, 3.05) is 0 Å². The number of H-pyrrole nitrogens is 1. The molecule has 0 saturated carbocycles. The van der Waals surface area contributed by atoms with Crippen LogP contribution in [0.15, 0.2) is 36.9 Å². The minimum absolute atomic E-state index is 0.611. The van der Waals surface area contributed by atoms with E-state index in [2.05, 4.69) is 19.4 Å². The molecule has 0 saturated heterocycles. The maximum absolute atomic E-state index is 4.98. The van der Waals surface area contributed by atoms with Crippen LogP contribution < -0.4 is 0 Å². The van der Waals surface area contributed by atoms with Gasteiger partial charge < -0.3 is 0 Å². The zero-order chi connectivity index (χ0) is 11.7. The van der Waals surface area contributed by atoms with Crippen LogP contribution in [0.4, 0.5) is 0 Å². The van der Waals surface area contributed by atoms with Gasteiger partial charge in [0.2, 0.25) is 0 Å². The van der Waals surface area contributed by atoms with Crippen LogP contribution >= 0.6 is 23.8 Å². The van der Waals surface area contributed by atoms with Crippen molar-refractivity contribution < 1.29 is 0 Å². The Balaban J connectivity index is 1.98. The zero-order valence-electron chi connectivity index (χ0n) is 8.57. The number of aromatic amines is 1. The third kappa shape index (κ3) is 2.02. The molecule has 1 N–H and O–H groups in total. The van der Waals surface area contributed by atoms with Gasteiger partial charge in [-0.2, -0.15) is 5.10 Å². The number of nitrogens with zero attached hydrogens (tertiary/aromatic N) is 4. The van der Waals surface area contributed by atoms with E-state index >= 15 is 0 Å². The first kappa shape index (κ1) is 10.3. The molecule has 17 heavy (non-hydrogen) atoms. The maximum Gasteiger partial charge on any atom is 0.198 e. The van der Waals surface area contributed by atoms with Crippen molar-refractivity contribution in [2.24, 2.45) is 0 Å². The average Bonchev–Trinajstić information content (AvgIpc) is 3.00. The van der Waals surface area contributed by atoms with Crippen molar-refractivity contribution in [2.45, 2.75) is 0 Å². The Morgan fingerprint density at radius 1 is 1.24 bits per heavy atom. The zero-order valence-corrected chi connectivity index (χ0v) is 10.2. The quantitative estimate of drug-likeness (QED) is 0.720. The average molecular weight is 261 g/mol. The topological polar surface area (TPSA) is 59.4 Å². The van der Waals surface area contributed by atoms with Gasteiger partial charge in [-0.05, 0) is 48.0 Å². The highest BCUT2D eigenvalue weighted by atomic mass is 32.2. The first-order valence-electron chi connectivity index (χ1n) is 4.84. The second kappa shape index (κ2) is 4.19. The molecule has 0 aliphatic carbocycles. The minimum atomic E-state index is 0.611. The smallest absolute Gasteiger partial charge is 0.198 e. The van der Waals surface area contributed by atoms with Gasteiger partial charge >= 0.3 is 0 Å². The molecule has 0 aliphatic rings. The molecule has 0 spiro atoms. The van der Waals surface area contributed by atoms with E-state index in [1.807, 2.05) is 24.3 Å². The first-order chi connectivity index (χ1) is 8.33. The minimum Gasteiger partial charge on any atom is -0.293 e. The van der Waals surface area contributed by atoms with Crippen molar-refractivity contribution in [3.8, 4) is 17.1 Å². The lowest BCUT2D eigenvalue weighted by atomic mass is 10.2. The van der Waals surface area contributed by atoms with E-state index in [4.69, 9.17) is 12.2 Å². The fraction of sp³-hybridized carbons (Fsp3) is 0. The number of hydrogen-bond donors (Lipinski definition) is 1. The summed E-state index contributed by atoms with van der Waals surface area (Å²) >= 11 is 6.33. The molecule has 2 aromatic heterocycles. The van der Waals surface area contributed by atoms with Crippen molar-refractivity contribution in [3.63, 3.8) is 0 Å². The van der Waals surface area contributed by atoms with E-state index in [9.17, 15) is 0 Å². The van der Waals surface area contributed by atoms with Crippen LogP contribution in [0.1, 0.15) is 0 Å². The van der Waals surface area contributed by atoms with E-state index in [-0.39, 0.29) is 0 Å². The Labute approximate surface area is 106 Å². The molecule has 3 rings (SSSR count). The Bertz CT molecular complexity index is 665. The fourth-order valence-electron chi connectivity index (χ4n) is 1.47. The van der Waals surface area contributed by atoms with Crippen LogP contribution in [0.25, 0.3) is 17.1 Å². The number of hydrogen-bond acceptors (Lipinski definition) is 5. The second-order valence-electron chi connectivity index (χ2n) is 3.32. The Morgan fingerprint density at radius 3 is 2.65 bits per heavy atom. The standard InChI is InChI=1S/C10H7N5S2/c16-10-13-9(14-17-10)7-1-3-8(4-2-7)15-6-11-5-12-15/h1-6H,(H,13,14,16). The Morgan fingerprint density at radius 2 is 2.06 bits per heavy atom. The van der Waals surface area contributed by atoms with Crippen LogP contribution in [0.3, 0.4) is 0 Å². The number of nitrogens with one attached hydrogen (secondary N) is 1. The van der Waals surface area contributed by atoms with Crippen LogP contribution in [-0.4, -0.2) is 24.1 Å². The molecule has 0 amide bonds. The molecule has 5 nitrogen and oxygen atoms in total. The van der Waals surface area contributed by atoms with Crippen molar-refractivity contribution in [1.29, 1.82) is 0 Å². The van der Waals surface area contributed by atoms with Crippen LogP contribution in [-0.2, 0) is 0 Å². The molecule has 0 unspecified atom stereocenters. The number of benzene rings is 1. The van der Waals surface area contributed by atoms with Crippen molar-refractivity contribution in [3.05, 3.63) is 40.9 Å². The highest BCUT2D eigenvalue weighted by Crippen LogP contribution is 2.18. The molecular weight excluding hydrogens is 254 g/mol. The lowest BCUT2D eigenvalue weighted by Crippen LogP contribution is -1.93. The highest BCUT2D eigenvalue weighted by molar-refractivity contribution is 7.73. The fourth-order valence-corrected chi connectivity index (χ4v) is 2.17. The van der Waals surface area contributed by atoms with Gasteiger partial charge in [-0.25, -0.2) is 14.6 Å². The highest BCUT2D eigenvalue weighted by Gasteiger charge is 2.02. The Hall–Kier alpha value is -1.86. The van der Waals surface area contributed by atoms with E-state index in [1.54, 1.807) is 11.0 Å². The summed E-state index contributed by atoms with van der Waals surface area (Å²) in [5, 5.41) is 4.06. The number of rotatable bonds is 2. The molecule has 0 bridgehead atoms. The van der Waals surface area contributed by atoms with Gasteiger partial charge in [0.25, 0.3) is 0 Å². The lowest BCUT2D eigenvalue weighted by molar-refractivity contribution is 0.879. The molecule has 0 radical (unpaired) electrons. The molecule has 0 atom stereocenters. The monoisotopic (exact) mass is 261 g/mol. The van der Waals surface area contributed by atoms with Crippen LogP contribution in [0, 0.1) is 3.95 Å². The summed E-state index contributed by atoms with van der Waals surface area (Å²) in [6.45, 7) is 0. The molecule has 7 heteroatoms. The molecular formula is C10H7N5S2. The Kier molecular flexibility index (Phi) is 2.54. The summed E-state index contributed by atoms with van der Waals surface area (Å²) in [4.78, 5) is 8.12. The van der Waals surface area contributed by atoms with Crippen molar-refractivity contribution >= 4 is 23.8 Å². The first-order valence-corrected chi connectivity index (χ1v) is 6.06. The maximum atomic E-state index is 4.98. The molecule has 0 aliphatic heterocycles. The van der Waals surface area contributed by atoms with Crippen LogP contribution in [0.5, 0.6) is 0 Å². The van der Waals surface area contributed by atoms with E-state index in [0.717, 1.165) is 17.1 Å². The molecule has 1 aromatic carbocycles. The normalized spacial score (nSPS) is 10.6. The predicted octanol–water partition coefficient (Wildman–Crippen LogP) is 2.45. The molecule has 84 valence electrons. The van der Waals surface area contributed by atoms with Gasteiger partial charge in [0.15, 0.2) is 3.95 Å². The largest absolute Gasteiger partial charge is 0.293 e. The van der Waals surface area contributed by atoms with Gasteiger partial charge in [0.1, 0.15) is 18.5 Å². The molecule has 3 aromatic rings. The third-order valence-electron chi connectivity index (χ3n) is 2.26. The summed E-state index contributed by atoms with van der Waals surface area (Å²) in [5.74, 6) is 0.796. The molecule has 0 fully saturated rings. The summed E-state index contributed by atoms with van der Waals surface area (Å²) < 4.78 is 5.38. The third-order valence-corrected chi connectivity index (χ3v) is 3.16. The van der Waals surface area contributed by atoms with E-state index < -0.39 is 0 Å². The van der Waals surface area contributed by atoms with Gasteiger partial charge in [0.05, 0.1) is 5.69 Å².